The number of fused-ring (bicyclic) bond motifs is 1. The molecule has 7 heteroatoms. The number of thiophene rings is 1. The number of nitriles is 1. The molecule has 0 atom stereocenters. The summed E-state index contributed by atoms with van der Waals surface area (Å²) in [6.07, 6.45) is 1.62. The molecule has 0 saturated heterocycles. The Morgan fingerprint density at radius 3 is 2.75 bits per heavy atom. The van der Waals surface area contributed by atoms with E-state index in [1.54, 1.807) is 13.1 Å². The highest BCUT2D eigenvalue weighted by Crippen LogP contribution is 2.37. The van der Waals surface area contributed by atoms with Crippen molar-refractivity contribution in [3.05, 3.63) is 34.6 Å². The first-order valence-electron chi connectivity index (χ1n) is 7.28. The van der Waals surface area contributed by atoms with Gasteiger partial charge in [0.25, 0.3) is 0 Å². The number of aryl methyl sites for hydroxylation is 1. The number of esters is 1. The molecule has 122 valence electrons. The lowest BCUT2D eigenvalue weighted by Crippen LogP contribution is -2.23. The Morgan fingerprint density at radius 2 is 2.08 bits per heavy atom. The van der Waals surface area contributed by atoms with Crippen LogP contribution < -0.4 is 0 Å². The molecular weight excluding hydrogens is 342 g/mol. The Labute approximate surface area is 147 Å². The lowest BCUT2D eigenvalue weighted by molar-refractivity contribution is 0.00742. The monoisotopic (exact) mass is 357 g/mol. The topological polar surface area (TPSA) is 75.9 Å². The molecule has 0 aromatic carbocycles. The van der Waals surface area contributed by atoms with Crippen LogP contribution in [0.1, 0.15) is 41.8 Å². The van der Waals surface area contributed by atoms with Crippen molar-refractivity contribution in [1.29, 1.82) is 5.26 Å². The van der Waals surface area contributed by atoms with E-state index >= 15 is 0 Å². The molecule has 0 unspecified atom stereocenters. The molecule has 0 saturated carbocycles. The molecule has 0 radical (unpaired) electrons. The Hall–Kier alpha value is -2.30. The van der Waals surface area contributed by atoms with E-state index in [4.69, 9.17) is 10.00 Å². The van der Waals surface area contributed by atoms with Gasteiger partial charge in [-0.05, 0) is 45.2 Å². The van der Waals surface area contributed by atoms with Gasteiger partial charge in [0.05, 0.1) is 15.3 Å². The van der Waals surface area contributed by atoms with Gasteiger partial charge in [-0.25, -0.2) is 14.8 Å². The summed E-state index contributed by atoms with van der Waals surface area (Å²) in [5.74, 6) is -0.357. The molecule has 0 bridgehead atoms. The molecule has 3 aromatic rings. The summed E-state index contributed by atoms with van der Waals surface area (Å²) in [5.41, 5.74) is 0.517. The molecule has 3 rings (SSSR count). The van der Waals surface area contributed by atoms with E-state index in [9.17, 15) is 4.79 Å². The number of thiazole rings is 1. The molecule has 0 N–H and O–H groups in total. The molecule has 0 fully saturated rings. The van der Waals surface area contributed by atoms with Crippen LogP contribution in [0.25, 0.3) is 20.0 Å². The van der Waals surface area contributed by atoms with Crippen LogP contribution in [0.2, 0.25) is 0 Å². The van der Waals surface area contributed by atoms with Gasteiger partial charge in [0, 0.05) is 6.20 Å². The molecule has 0 aliphatic carbocycles. The molecule has 0 aliphatic heterocycles. The number of rotatable bonds is 2. The lowest BCUT2D eigenvalue weighted by Gasteiger charge is -2.18. The Balaban J connectivity index is 2.01. The Bertz CT molecular complexity index is 974. The number of hydrogen-bond acceptors (Lipinski definition) is 7. The smallest absolute Gasteiger partial charge is 0.350 e. The number of carbonyl (C=O) groups is 1. The van der Waals surface area contributed by atoms with Gasteiger partial charge in [0.1, 0.15) is 21.6 Å². The summed E-state index contributed by atoms with van der Waals surface area (Å²) in [6.45, 7) is 7.31. The second kappa shape index (κ2) is 5.96. The van der Waals surface area contributed by atoms with E-state index in [1.807, 2.05) is 32.9 Å². The fourth-order valence-electron chi connectivity index (χ4n) is 2.17. The van der Waals surface area contributed by atoms with E-state index in [-0.39, 0.29) is 5.97 Å². The van der Waals surface area contributed by atoms with Crippen LogP contribution in [0, 0.1) is 18.3 Å². The van der Waals surface area contributed by atoms with Crippen LogP contribution in [-0.2, 0) is 4.74 Å². The van der Waals surface area contributed by atoms with Crippen molar-refractivity contribution in [1.82, 2.24) is 9.97 Å². The number of hydrogen-bond donors (Lipinski definition) is 0. The highest BCUT2D eigenvalue weighted by atomic mass is 32.1. The van der Waals surface area contributed by atoms with Gasteiger partial charge < -0.3 is 4.74 Å². The van der Waals surface area contributed by atoms with Crippen LogP contribution in [0.5, 0.6) is 0 Å². The number of ether oxygens (including phenoxy) is 1. The van der Waals surface area contributed by atoms with Gasteiger partial charge in [0.15, 0.2) is 5.69 Å². The molecule has 24 heavy (non-hydrogen) atoms. The van der Waals surface area contributed by atoms with Crippen LogP contribution in [0.4, 0.5) is 0 Å². The minimum Gasteiger partial charge on any atom is -0.456 e. The van der Waals surface area contributed by atoms with Gasteiger partial charge in [-0.3, -0.25) is 0 Å². The molecule has 3 aromatic heterocycles. The van der Waals surface area contributed by atoms with Crippen LogP contribution in [-0.4, -0.2) is 21.5 Å². The predicted octanol–water partition coefficient (Wildman–Crippen LogP) is 4.56. The van der Waals surface area contributed by atoms with E-state index in [2.05, 4.69) is 16.0 Å². The van der Waals surface area contributed by atoms with Crippen molar-refractivity contribution < 1.29 is 9.53 Å². The summed E-state index contributed by atoms with van der Waals surface area (Å²) >= 11 is 2.77. The zero-order valence-corrected chi connectivity index (χ0v) is 15.3. The first-order chi connectivity index (χ1) is 11.3. The molecule has 0 spiro atoms. The van der Waals surface area contributed by atoms with Gasteiger partial charge in [-0.1, -0.05) is 0 Å². The minimum atomic E-state index is -0.543. The molecular formula is C17H15N3O2S2. The SMILES string of the molecule is Cc1nc(-c2cc3ccnc(C#N)c3s2)sc1C(=O)OC(C)(C)C. The van der Waals surface area contributed by atoms with Crippen LogP contribution in [0.15, 0.2) is 18.3 Å². The largest absolute Gasteiger partial charge is 0.456 e. The average Bonchev–Trinajstić information content (AvgIpc) is 3.08. The maximum Gasteiger partial charge on any atom is 0.350 e. The predicted molar refractivity (Wildman–Crippen MR) is 95.3 cm³/mol. The maximum atomic E-state index is 12.3. The molecule has 0 aliphatic rings. The maximum absolute atomic E-state index is 12.3. The summed E-state index contributed by atoms with van der Waals surface area (Å²) < 4.78 is 6.27. The van der Waals surface area contributed by atoms with Crippen LogP contribution in [0.3, 0.4) is 0 Å². The zero-order chi connectivity index (χ0) is 17.5. The van der Waals surface area contributed by atoms with Crippen molar-refractivity contribution in [3.63, 3.8) is 0 Å². The second-order valence-corrected chi connectivity index (χ2v) is 8.29. The third-order valence-electron chi connectivity index (χ3n) is 3.13. The Morgan fingerprint density at radius 1 is 1.33 bits per heavy atom. The van der Waals surface area contributed by atoms with E-state index in [0.29, 0.717) is 16.3 Å². The van der Waals surface area contributed by atoms with Crippen molar-refractivity contribution in [2.24, 2.45) is 0 Å². The highest BCUT2D eigenvalue weighted by molar-refractivity contribution is 7.26. The molecule has 3 heterocycles. The van der Waals surface area contributed by atoms with E-state index in [0.717, 1.165) is 20.0 Å². The third-order valence-corrected chi connectivity index (χ3v) is 5.60. The van der Waals surface area contributed by atoms with Crippen molar-refractivity contribution >= 4 is 38.7 Å². The van der Waals surface area contributed by atoms with Crippen molar-refractivity contribution in [2.45, 2.75) is 33.3 Å². The van der Waals surface area contributed by atoms with Gasteiger partial charge >= 0.3 is 5.97 Å². The third kappa shape index (κ3) is 3.16. The number of nitrogens with zero attached hydrogens (tertiary/aromatic N) is 3. The van der Waals surface area contributed by atoms with E-state index in [1.165, 1.54) is 22.7 Å². The second-order valence-electron chi connectivity index (χ2n) is 6.24. The standard InChI is InChI=1S/C17H15N3O2S2/c1-9-13(16(21)22-17(2,3)4)24-15(20-9)12-7-10-5-6-19-11(8-18)14(10)23-12/h5-7H,1-4H3. The molecule has 5 nitrogen and oxygen atoms in total. The fourth-order valence-corrected chi connectivity index (χ4v) is 4.25. The summed E-state index contributed by atoms with van der Waals surface area (Å²) in [6, 6.07) is 5.94. The number of aromatic nitrogens is 2. The number of carbonyl (C=O) groups excluding carboxylic acids is 1. The summed E-state index contributed by atoms with van der Waals surface area (Å²) in [4.78, 5) is 22.3. The normalized spacial score (nSPS) is 11.5. The average molecular weight is 357 g/mol. The summed E-state index contributed by atoms with van der Waals surface area (Å²) in [5, 5.41) is 10.9. The zero-order valence-electron chi connectivity index (χ0n) is 13.7. The minimum absolute atomic E-state index is 0.357. The quantitative estimate of drug-likeness (QED) is 0.629. The van der Waals surface area contributed by atoms with Gasteiger partial charge in [-0.2, -0.15) is 5.26 Å². The lowest BCUT2D eigenvalue weighted by atomic mass is 10.2. The first kappa shape index (κ1) is 16.6. The van der Waals surface area contributed by atoms with Crippen molar-refractivity contribution in [3.8, 4) is 16.0 Å². The van der Waals surface area contributed by atoms with Gasteiger partial charge in [-0.15, -0.1) is 22.7 Å². The van der Waals surface area contributed by atoms with Crippen molar-refractivity contribution in [2.75, 3.05) is 0 Å². The molecule has 0 amide bonds. The fraction of sp³-hybridized carbons (Fsp3) is 0.294. The Kier molecular flexibility index (Phi) is 4.11. The van der Waals surface area contributed by atoms with E-state index < -0.39 is 5.60 Å². The van der Waals surface area contributed by atoms with Gasteiger partial charge in [0.2, 0.25) is 0 Å². The van der Waals surface area contributed by atoms with Crippen LogP contribution >= 0.6 is 22.7 Å². The number of pyridine rings is 1. The summed E-state index contributed by atoms with van der Waals surface area (Å²) in [7, 11) is 0. The first-order valence-corrected chi connectivity index (χ1v) is 8.91. The highest BCUT2D eigenvalue weighted by Gasteiger charge is 2.23.